The Morgan fingerprint density at radius 2 is 2.00 bits per heavy atom. The van der Waals surface area contributed by atoms with Gasteiger partial charge in [0.05, 0.1) is 23.0 Å². The van der Waals surface area contributed by atoms with Gasteiger partial charge in [-0.25, -0.2) is 0 Å². The van der Waals surface area contributed by atoms with Gasteiger partial charge in [-0.05, 0) is 34.9 Å². The Labute approximate surface area is 150 Å². The van der Waals surface area contributed by atoms with Crippen molar-refractivity contribution in [3.05, 3.63) is 68.7 Å². The molecule has 0 saturated carbocycles. The second kappa shape index (κ2) is 6.11. The van der Waals surface area contributed by atoms with Crippen molar-refractivity contribution in [2.45, 2.75) is 19.1 Å². The van der Waals surface area contributed by atoms with Crippen molar-refractivity contribution < 1.29 is 4.79 Å². The molecule has 122 valence electrons. The molecule has 0 fully saturated rings. The molecule has 4 nitrogen and oxygen atoms in total. The number of rotatable bonds is 3. The first-order valence-corrected chi connectivity index (χ1v) is 8.48. The number of carbonyl (C=O) groups is 1. The summed E-state index contributed by atoms with van der Waals surface area (Å²) >= 11 is 12.3. The van der Waals surface area contributed by atoms with Gasteiger partial charge in [-0.1, -0.05) is 41.4 Å². The van der Waals surface area contributed by atoms with Crippen LogP contribution in [0.3, 0.4) is 0 Å². The molecule has 1 atom stereocenters. The van der Waals surface area contributed by atoms with E-state index in [0.29, 0.717) is 28.7 Å². The fourth-order valence-corrected chi connectivity index (χ4v) is 3.63. The molecule has 0 aromatic heterocycles. The van der Waals surface area contributed by atoms with Gasteiger partial charge in [0.25, 0.3) is 5.91 Å². The number of amides is 1. The molecular formula is C18H15Cl2N3O. The van der Waals surface area contributed by atoms with E-state index < -0.39 is 0 Å². The Hall–Kier alpha value is -2.04. The molecule has 2 aromatic carbocycles. The smallest absolute Gasteiger partial charge is 0.256 e. The number of nitrogens with zero attached hydrogens (tertiary/aromatic N) is 2. The Balaban J connectivity index is 1.60. The highest BCUT2D eigenvalue weighted by atomic mass is 35.5. The molecule has 1 amide bonds. The first-order valence-electron chi connectivity index (χ1n) is 7.73. The lowest BCUT2D eigenvalue weighted by atomic mass is 10.0. The number of fused-ring (bicyclic) bond motifs is 1. The number of aliphatic imine (C=N–C) groups is 1. The molecule has 0 radical (unpaired) electrons. The summed E-state index contributed by atoms with van der Waals surface area (Å²) in [6, 6.07) is 11.5. The standard InChI is InChI=1S/C18H15Cl2N3O/c19-14-3-1-11(2-4-14)8-23-9-13-5-12(16-7-21-10-22-16)6-15(20)17(13)18(23)24/h1-6,10,16H,7-9H2,(H,21,22). The predicted octanol–water partition coefficient (Wildman–Crippen LogP) is 3.82. The van der Waals surface area contributed by atoms with Crippen molar-refractivity contribution in [3.8, 4) is 0 Å². The fraction of sp³-hybridized carbons (Fsp3) is 0.222. The van der Waals surface area contributed by atoms with Crippen LogP contribution in [0.15, 0.2) is 41.4 Å². The SMILES string of the molecule is O=C1c2c(Cl)cc(C3CNC=N3)cc2CN1Cc1ccc(Cl)cc1. The average molecular weight is 360 g/mol. The third-order valence-corrected chi connectivity index (χ3v) is 4.94. The Kier molecular flexibility index (Phi) is 3.94. The summed E-state index contributed by atoms with van der Waals surface area (Å²) in [4.78, 5) is 18.9. The van der Waals surface area contributed by atoms with E-state index in [0.717, 1.165) is 23.2 Å². The number of hydrogen-bond acceptors (Lipinski definition) is 3. The van der Waals surface area contributed by atoms with E-state index in [1.54, 1.807) is 11.2 Å². The largest absolute Gasteiger partial charge is 0.374 e. The summed E-state index contributed by atoms with van der Waals surface area (Å²) in [6.07, 6.45) is 1.71. The third kappa shape index (κ3) is 2.76. The third-order valence-electron chi connectivity index (χ3n) is 4.38. The van der Waals surface area contributed by atoms with Crippen LogP contribution in [-0.4, -0.2) is 23.7 Å². The minimum Gasteiger partial charge on any atom is -0.374 e. The molecule has 0 bridgehead atoms. The molecule has 24 heavy (non-hydrogen) atoms. The summed E-state index contributed by atoms with van der Waals surface area (Å²) in [5.74, 6) is -0.0236. The lowest BCUT2D eigenvalue weighted by Gasteiger charge is -2.15. The highest BCUT2D eigenvalue weighted by molar-refractivity contribution is 6.34. The number of benzene rings is 2. The summed E-state index contributed by atoms with van der Waals surface area (Å²) < 4.78 is 0. The lowest BCUT2D eigenvalue weighted by molar-refractivity contribution is 0.0767. The van der Waals surface area contributed by atoms with Crippen LogP contribution in [0.5, 0.6) is 0 Å². The second-order valence-electron chi connectivity index (χ2n) is 6.03. The van der Waals surface area contributed by atoms with Gasteiger partial charge < -0.3 is 10.2 Å². The Bertz CT molecular complexity index is 833. The van der Waals surface area contributed by atoms with Crippen LogP contribution in [-0.2, 0) is 13.1 Å². The van der Waals surface area contributed by atoms with E-state index in [-0.39, 0.29) is 11.9 Å². The zero-order valence-corrected chi connectivity index (χ0v) is 14.3. The highest BCUT2D eigenvalue weighted by Crippen LogP contribution is 2.34. The second-order valence-corrected chi connectivity index (χ2v) is 6.87. The van der Waals surface area contributed by atoms with Crippen molar-refractivity contribution in [1.82, 2.24) is 10.2 Å². The van der Waals surface area contributed by atoms with Gasteiger partial charge in [0.15, 0.2) is 0 Å². The Morgan fingerprint density at radius 3 is 2.71 bits per heavy atom. The van der Waals surface area contributed by atoms with Gasteiger partial charge in [-0.15, -0.1) is 0 Å². The van der Waals surface area contributed by atoms with Crippen molar-refractivity contribution in [2.24, 2.45) is 4.99 Å². The van der Waals surface area contributed by atoms with E-state index in [1.165, 1.54) is 0 Å². The zero-order chi connectivity index (χ0) is 16.7. The maximum Gasteiger partial charge on any atom is 0.256 e. The Morgan fingerprint density at radius 1 is 1.21 bits per heavy atom. The van der Waals surface area contributed by atoms with Gasteiger partial charge >= 0.3 is 0 Å². The van der Waals surface area contributed by atoms with Crippen LogP contribution in [0.25, 0.3) is 0 Å². The van der Waals surface area contributed by atoms with Crippen LogP contribution >= 0.6 is 23.2 Å². The topological polar surface area (TPSA) is 44.7 Å². The molecule has 0 spiro atoms. The summed E-state index contributed by atoms with van der Waals surface area (Å²) in [5.41, 5.74) is 3.67. The molecule has 2 aliphatic rings. The first kappa shape index (κ1) is 15.5. The molecule has 1 N–H and O–H groups in total. The van der Waals surface area contributed by atoms with Crippen molar-refractivity contribution in [3.63, 3.8) is 0 Å². The van der Waals surface area contributed by atoms with Crippen molar-refractivity contribution in [1.29, 1.82) is 0 Å². The monoisotopic (exact) mass is 359 g/mol. The van der Waals surface area contributed by atoms with E-state index in [1.807, 2.05) is 30.3 Å². The van der Waals surface area contributed by atoms with Crippen molar-refractivity contribution in [2.75, 3.05) is 6.54 Å². The van der Waals surface area contributed by atoms with Crippen LogP contribution in [0.1, 0.15) is 33.1 Å². The van der Waals surface area contributed by atoms with Crippen LogP contribution < -0.4 is 5.32 Å². The molecular weight excluding hydrogens is 345 g/mol. The molecule has 2 aliphatic heterocycles. The quantitative estimate of drug-likeness (QED) is 0.905. The zero-order valence-electron chi connectivity index (χ0n) is 12.8. The minimum absolute atomic E-state index is 0.0236. The minimum atomic E-state index is -0.0236. The molecule has 6 heteroatoms. The molecule has 2 aromatic rings. The van der Waals surface area contributed by atoms with Gasteiger partial charge in [-0.3, -0.25) is 9.79 Å². The van der Waals surface area contributed by atoms with Gasteiger partial charge in [0.1, 0.15) is 0 Å². The van der Waals surface area contributed by atoms with Crippen molar-refractivity contribution >= 4 is 35.4 Å². The predicted molar refractivity (Wildman–Crippen MR) is 95.7 cm³/mol. The summed E-state index contributed by atoms with van der Waals surface area (Å²) in [7, 11) is 0. The number of hydrogen-bond donors (Lipinski definition) is 1. The summed E-state index contributed by atoms with van der Waals surface area (Å²) in [6.45, 7) is 1.87. The number of halogens is 2. The van der Waals surface area contributed by atoms with Gasteiger partial charge in [0, 0.05) is 24.7 Å². The number of nitrogens with one attached hydrogen (secondary N) is 1. The summed E-state index contributed by atoms with van der Waals surface area (Å²) in [5, 5.41) is 4.29. The number of carbonyl (C=O) groups excluding carboxylic acids is 1. The van der Waals surface area contributed by atoms with Gasteiger partial charge in [-0.2, -0.15) is 0 Å². The molecule has 1 unspecified atom stereocenters. The molecule has 0 aliphatic carbocycles. The maximum absolute atomic E-state index is 12.7. The molecule has 2 heterocycles. The van der Waals surface area contributed by atoms with Crippen LogP contribution in [0.2, 0.25) is 10.0 Å². The fourth-order valence-electron chi connectivity index (χ4n) is 3.18. The average Bonchev–Trinajstić information content (AvgIpc) is 3.19. The van der Waals surface area contributed by atoms with Crippen LogP contribution in [0.4, 0.5) is 0 Å². The van der Waals surface area contributed by atoms with E-state index in [9.17, 15) is 4.79 Å². The maximum atomic E-state index is 12.7. The molecule has 4 rings (SSSR count). The normalized spacial score (nSPS) is 18.8. The van der Waals surface area contributed by atoms with E-state index in [2.05, 4.69) is 16.4 Å². The first-order chi connectivity index (χ1) is 11.6. The van der Waals surface area contributed by atoms with E-state index >= 15 is 0 Å². The van der Waals surface area contributed by atoms with E-state index in [4.69, 9.17) is 23.2 Å². The van der Waals surface area contributed by atoms with Gasteiger partial charge in [0.2, 0.25) is 0 Å². The lowest BCUT2D eigenvalue weighted by Crippen LogP contribution is -2.23. The highest BCUT2D eigenvalue weighted by Gasteiger charge is 2.31. The van der Waals surface area contributed by atoms with Crippen LogP contribution in [0, 0.1) is 0 Å². The molecule has 0 saturated heterocycles.